The zero-order chi connectivity index (χ0) is 13.2. The predicted molar refractivity (Wildman–Crippen MR) is 71.3 cm³/mol. The number of fused-ring (bicyclic) bond motifs is 1. The molecule has 96 valence electrons. The van der Waals surface area contributed by atoms with E-state index in [4.69, 9.17) is 0 Å². The Morgan fingerprint density at radius 3 is 2.06 bits per heavy atom. The largest absolute Gasteiger partial charge is 0.323 e. The lowest BCUT2D eigenvalue weighted by molar-refractivity contribution is 0.0725. The summed E-state index contributed by atoms with van der Waals surface area (Å²) in [7, 11) is 0. The Kier molecular flexibility index (Phi) is 2.33. The van der Waals surface area contributed by atoms with Crippen LogP contribution >= 0.6 is 0 Å². The SMILES string of the molecule is Cc1nc(C)n2c1C(C)(C)NC(C)(C)C2(C)C. The fourth-order valence-electron chi connectivity index (χ4n) is 3.36. The summed E-state index contributed by atoms with van der Waals surface area (Å²) in [6, 6.07) is 0. The number of aryl methyl sites for hydroxylation is 2. The van der Waals surface area contributed by atoms with Crippen LogP contribution in [0.25, 0.3) is 0 Å². The highest BCUT2D eigenvalue weighted by atomic mass is 15.3. The van der Waals surface area contributed by atoms with Crippen molar-refractivity contribution in [3.05, 3.63) is 17.2 Å². The molecule has 17 heavy (non-hydrogen) atoms. The lowest BCUT2D eigenvalue weighted by Crippen LogP contribution is -2.67. The molecule has 0 bridgehead atoms. The van der Waals surface area contributed by atoms with Crippen LogP contribution in [0, 0.1) is 13.8 Å². The molecular weight excluding hydrogens is 210 g/mol. The molecule has 2 heterocycles. The molecule has 0 radical (unpaired) electrons. The molecular formula is C14H25N3. The van der Waals surface area contributed by atoms with Crippen LogP contribution in [0.2, 0.25) is 0 Å². The number of rotatable bonds is 0. The molecule has 3 heteroatoms. The minimum atomic E-state index is -0.0373. The molecule has 1 aliphatic rings. The Labute approximate surface area is 105 Å². The van der Waals surface area contributed by atoms with Gasteiger partial charge in [0.15, 0.2) is 0 Å². The Hall–Kier alpha value is -0.830. The van der Waals surface area contributed by atoms with Crippen molar-refractivity contribution in [1.29, 1.82) is 0 Å². The van der Waals surface area contributed by atoms with Gasteiger partial charge in [0.2, 0.25) is 0 Å². The molecule has 1 aliphatic heterocycles. The first-order chi connectivity index (χ1) is 7.51. The lowest BCUT2D eigenvalue weighted by atomic mass is 9.75. The van der Waals surface area contributed by atoms with Crippen LogP contribution in [0.4, 0.5) is 0 Å². The van der Waals surface area contributed by atoms with E-state index >= 15 is 0 Å². The molecule has 2 rings (SSSR count). The van der Waals surface area contributed by atoms with Crippen molar-refractivity contribution in [3.8, 4) is 0 Å². The lowest BCUT2D eigenvalue weighted by Gasteiger charge is -2.54. The highest BCUT2D eigenvalue weighted by molar-refractivity contribution is 5.30. The first-order valence-corrected chi connectivity index (χ1v) is 6.37. The molecule has 0 atom stereocenters. The van der Waals surface area contributed by atoms with Gasteiger partial charge in [-0.1, -0.05) is 0 Å². The van der Waals surface area contributed by atoms with Crippen LogP contribution in [-0.4, -0.2) is 15.1 Å². The first-order valence-electron chi connectivity index (χ1n) is 6.37. The molecule has 1 N–H and O–H groups in total. The Bertz CT molecular complexity index is 464. The van der Waals surface area contributed by atoms with E-state index in [2.05, 4.69) is 70.3 Å². The summed E-state index contributed by atoms with van der Waals surface area (Å²) in [6.07, 6.45) is 0. The van der Waals surface area contributed by atoms with Crippen molar-refractivity contribution in [2.45, 2.75) is 72.0 Å². The van der Waals surface area contributed by atoms with E-state index in [0.717, 1.165) is 11.5 Å². The standard InChI is InChI=1S/C14H25N3/c1-9-11-12(3,4)16-13(5,6)14(7,8)17(11)10(2)15-9/h16H,1-8H3. The van der Waals surface area contributed by atoms with E-state index < -0.39 is 0 Å². The molecule has 3 nitrogen and oxygen atoms in total. The molecule has 0 aliphatic carbocycles. The van der Waals surface area contributed by atoms with Gasteiger partial charge in [-0.3, -0.25) is 5.32 Å². The van der Waals surface area contributed by atoms with E-state index in [-0.39, 0.29) is 16.6 Å². The van der Waals surface area contributed by atoms with Crippen molar-refractivity contribution < 1.29 is 0 Å². The van der Waals surface area contributed by atoms with E-state index in [1.807, 2.05) is 0 Å². The Balaban J connectivity index is 2.81. The Morgan fingerprint density at radius 2 is 1.53 bits per heavy atom. The second kappa shape index (κ2) is 3.14. The first kappa shape index (κ1) is 12.6. The number of imidazole rings is 1. The highest BCUT2D eigenvalue weighted by Crippen LogP contribution is 2.42. The summed E-state index contributed by atoms with van der Waals surface area (Å²) in [4.78, 5) is 4.67. The molecule has 0 aromatic carbocycles. The van der Waals surface area contributed by atoms with Gasteiger partial charge in [0, 0.05) is 5.54 Å². The van der Waals surface area contributed by atoms with E-state index in [9.17, 15) is 0 Å². The maximum Gasteiger partial charge on any atom is 0.106 e. The minimum Gasteiger partial charge on any atom is -0.323 e. The van der Waals surface area contributed by atoms with Crippen LogP contribution in [0.1, 0.15) is 58.8 Å². The molecule has 1 aromatic heterocycles. The third-order valence-corrected chi connectivity index (χ3v) is 4.52. The average molecular weight is 235 g/mol. The maximum atomic E-state index is 4.67. The van der Waals surface area contributed by atoms with Crippen LogP contribution < -0.4 is 5.32 Å². The molecule has 0 fully saturated rings. The third kappa shape index (κ3) is 1.48. The van der Waals surface area contributed by atoms with Crippen molar-refractivity contribution in [2.75, 3.05) is 0 Å². The van der Waals surface area contributed by atoms with Crippen LogP contribution in [0.15, 0.2) is 0 Å². The molecule has 0 unspecified atom stereocenters. The number of aromatic nitrogens is 2. The molecule has 0 saturated carbocycles. The van der Waals surface area contributed by atoms with Gasteiger partial charge in [0.05, 0.1) is 22.5 Å². The highest BCUT2D eigenvalue weighted by Gasteiger charge is 2.50. The van der Waals surface area contributed by atoms with Gasteiger partial charge in [-0.05, 0) is 55.4 Å². The van der Waals surface area contributed by atoms with Crippen molar-refractivity contribution in [1.82, 2.24) is 14.9 Å². The number of nitrogens with one attached hydrogen (secondary N) is 1. The van der Waals surface area contributed by atoms with Gasteiger partial charge >= 0.3 is 0 Å². The average Bonchev–Trinajstić information content (AvgIpc) is 2.37. The molecule has 0 saturated heterocycles. The summed E-state index contributed by atoms with van der Waals surface area (Å²) in [5.41, 5.74) is 2.47. The zero-order valence-electron chi connectivity index (χ0n) is 12.4. The smallest absolute Gasteiger partial charge is 0.106 e. The number of nitrogens with zero attached hydrogens (tertiary/aromatic N) is 2. The summed E-state index contributed by atoms with van der Waals surface area (Å²) in [5, 5.41) is 3.77. The zero-order valence-corrected chi connectivity index (χ0v) is 12.4. The number of hydrogen-bond acceptors (Lipinski definition) is 2. The third-order valence-electron chi connectivity index (χ3n) is 4.52. The maximum absolute atomic E-state index is 4.67. The normalized spacial score (nSPS) is 24.5. The summed E-state index contributed by atoms with van der Waals surface area (Å²) in [6.45, 7) is 17.8. The van der Waals surface area contributed by atoms with Gasteiger partial charge in [-0.25, -0.2) is 4.98 Å². The van der Waals surface area contributed by atoms with E-state index in [1.165, 1.54) is 5.69 Å². The summed E-state index contributed by atoms with van der Waals surface area (Å²) >= 11 is 0. The summed E-state index contributed by atoms with van der Waals surface area (Å²) < 4.78 is 2.42. The van der Waals surface area contributed by atoms with Crippen molar-refractivity contribution in [3.63, 3.8) is 0 Å². The fraction of sp³-hybridized carbons (Fsp3) is 0.786. The second-order valence-electron chi connectivity index (χ2n) is 6.86. The van der Waals surface area contributed by atoms with Crippen LogP contribution in [0.5, 0.6) is 0 Å². The van der Waals surface area contributed by atoms with Crippen molar-refractivity contribution >= 4 is 0 Å². The predicted octanol–water partition coefficient (Wildman–Crippen LogP) is 2.85. The molecule has 1 aromatic rings. The van der Waals surface area contributed by atoms with Gasteiger partial charge < -0.3 is 4.57 Å². The molecule has 0 amide bonds. The minimum absolute atomic E-state index is 0.0171. The van der Waals surface area contributed by atoms with E-state index in [0.29, 0.717) is 0 Å². The summed E-state index contributed by atoms with van der Waals surface area (Å²) in [5.74, 6) is 1.12. The Morgan fingerprint density at radius 1 is 1.00 bits per heavy atom. The van der Waals surface area contributed by atoms with Crippen LogP contribution in [0.3, 0.4) is 0 Å². The monoisotopic (exact) mass is 235 g/mol. The second-order valence-corrected chi connectivity index (χ2v) is 6.86. The van der Waals surface area contributed by atoms with Crippen molar-refractivity contribution in [2.24, 2.45) is 0 Å². The van der Waals surface area contributed by atoms with Gasteiger partial charge in [0.1, 0.15) is 5.82 Å². The van der Waals surface area contributed by atoms with Gasteiger partial charge in [-0.2, -0.15) is 0 Å². The topological polar surface area (TPSA) is 29.9 Å². The van der Waals surface area contributed by atoms with Gasteiger partial charge in [0.25, 0.3) is 0 Å². The van der Waals surface area contributed by atoms with E-state index in [1.54, 1.807) is 0 Å². The fourth-order valence-corrected chi connectivity index (χ4v) is 3.36. The quantitative estimate of drug-likeness (QED) is 0.749. The van der Waals surface area contributed by atoms with Crippen LogP contribution in [-0.2, 0) is 11.1 Å². The molecule has 0 spiro atoms. The van der Waals surface area contributed by atoms with Gasteiger partial charge in [-0.15, -0.1) is 0 Å². The number of hydrogen-bond donors (Lipinski definition) is 1.